The van der Waals surface area contributed by atoms with Crippen LogP contribution in [0.2, 0.25) is 0 Å². The fourth-order valence-electron chi connectivity index (χ4n) is 5.39. The first kappa shape index (κ1) is 24.0. The van der Waals surface area contributed by atoms with Gasteiger partial charge in [0.1, 0.15) is 18.1 Å². The van der Waals surface area contributed by atoms with Crippen LogP contribution in [0.1, 0.15) is 54.4 Å². The SMILES string of the molecule is CC(=O)NC(C(=O)N1CC2C([C@H]1C(=O)N[C@H](C#N)C[C@@H]1CCNC1=O)C2(C)C)C(C)(C)C. The van der Waals surface area contributed by atoms with E-state index in [2.05, 4.69) is 35.9 Å². The maximum Gasteiger partial charge on any atom is 0.246 e. The first-order valence-corrected chi connectivity index (χ1v) is 11.3. The summed E-state index contributed by atoms with van der Waals surface area (Å²) >= 11 is 0. The van der Waals surface area contributed by atoms with Crippen LogP contribution in [0.3, 0.4) is 0 Å². The van der Waals surface area contributed by atoms with Gasteiger partial charge in [0.25, 0.3) is 0 Å². The average Bonchev–Trinajstić information content (AvgIpc) is 3.05. The number of carbonyl (C=O) groups excluding carboxylic acids is 4. The standard InChI is InChI=1S/C23H35N5O4/c1-12(29)26-18(22(2,3)4)21(32)28-11-15-16(23(15,5)6)17(28)20(31)27-14(10-24)9-13-7-8-25-19(13)30/h13-18H,7-9,11H2,1-6H3,(H,25,30)(H,26,29)(H,27,31)/t13-,14-,15?,16?,17-,18?/m0/s1. The number of nitrogens with zero attached hydrogens (tertiary/aromatic N) is 2. The molecule has 9 heteroatoms. The van der Waals surface area contributed by atoms with Crippen molar-refractivity contribution in [2.75, 3.05) is 13.1 Å². The highest BCUT2D eigenvalue weighted by Gasteiger charge is 2.69. The van der Waals surface area contributed by atoms with Crippen LogP contribution in [-0.4, -0.2) is 59.7 Å². The molecule has 2 aliphatic heterocycles. The van der Waals surface area contributed by atoms with Crippen molar-refractivity contribution in [1.82, 2.24) is 20.9 Å². The number of piperidine rings is 1. The van der Waals surface area contributed by atoms with Crippen LogP contribution in [0.25, 0.3) is 0 Å². The smallest absolute Gasteiger partial charge is 0.246 e. The molecule has 2 heterocycles. The minimum atomic E-state index is -0.803. The molecule has 0 bridgehead atoms. The summed E-state index contributed by atoms with van der Waals surface area (Å²) in [5.74, 6) is -1.14. The highest BCUT2D eigenvalue weighted by molar-refractivity contribution is 5.94. The highest BCUT2D eigenvalue weighted by Crippen LogP contribution is 2.65. The molecule has 1 aliphatic carbocycles. The predicted molar refractivity (Wildman–Crippen MR) is 117 cm³/mol. The Morgan fingerprint density at radius 2 is 1.94 bits per heavy atom. The third-order valence-corrected chi connectivity index (χ3v) is 7.38. The molecule has 2 saturated heterocycles. The van der Waals surface area contributed by atoms with Crippen molar-refractivity contribution in [2.45, 2.75) is 72.5 Å². The van der Waals surface area contributed by atoms with Crippen molar-refractivity contribution >= 4 is 23.6 Å². The number of likely N-dealkylation sites (tertiary alicyclic amines) is 1. The highest BCUT2D eigenvalue weighted by atomic mass is 16.2. The molecule has 3 fully saturated rings. The summed E-state index contributed by atoms with van der Waals surface area (Å²) in [6, 6.07) is -0.164. The quantitative estimate of drug-likeness (QED) is 0.550. The van der Waals surface area contributed by atoms with E-state index < -0.39 is 23.5 Å². The molecule has 0 spiro atoms. The number of hydrogen-bond donors (Lipinski definition) is 3. The van der Waals surface area contributed by atoms with Gasteiger partial charge in [-0.25, -0.2) is 0 Å². The van der Waals surface area contributed by atoms with Crippen molar-refractivity contribution < 1.29 is 19.2 Å². The number of carbonyl (C=O) groups is 4. The summed E-state index contributed by atoms with van der Waals surface area (Å²) in [4.78, 5) is 52.1. The zero-order valence-electron chi connectivity index (χ0n) is 19.8. The second kappa shape index (κ2) is 8.38. The molecule has 6 atom stereocenters. The van der Waals surface area contributed by atoms with Crippen LogP contribution in [0.4, 0.5) is 0 Å². The van der Waals surface area contributed by atoms with Gasteiger partial charge in [0, 0.05) is 25.9 Å². The molecule has 3 N–H and O–H groups in total. The van der Waals surface area contributed by atoms with E-state index in [0.717, 1.165) is 0 Å². The van der Waals surface area contributed by atoms with Gasteiger partial charge in [-0.05, 0) is 35.5 Å². The minimum absolute atomic E-state index is 0.00137. The number of amides is 4. The normalized spacial score (nSPS) is 29.9. The topological polar surface area (TPSA) is 131 Å². The second-order valence-corrected chi connectivity index (χ2v) is 11.1. The van der Waals surface area contributed by atoms with Gasteiger partial charge in [0.15, 0.2) is 0 Å². The molecule has 9 nitrogen and oxygen atoms in total. The Morgan fingerprint density at radius 1 is 1.28 bits per heavy atom. The monoisotopic (exact) mass is 445 g/mol. The molecule has 3 rings (SSSR count). The second-order valence-electron chi connectivity index (χ2n) is 11.1. The molecule has 1 saturated carbocycles. The molecule has 0 radical (unpaired) electrons. The maximum atomic E-state index is 13.5. The van der Waals surface area contributed by atoms with E-state index in [4.69, 9.17) is 0 Å². The van der Waals surface area contributed by atoms with Gasteiger partial charge in [0.05, 0.1) is 6.07 Å². The molecule has 3 unspecified atom stereocenters. The third-order valence-electron chi connectivity index (χ3n) is 7.38. The fraction of sp³-hybridized carbons (Fsp3) is 0.783. The van der Waals surface area contributed by atoms with Crippen LogP contribution in [-0.2, 0) is 19.2 Å². The molecule has 0 aromatic heterocycles. The predicted octanol–water partition coefficient (Wildman–Crippen LogP) is 0.555. The zero-order valence-corrected chi connectivity index (χ0v) is 19.8. The summed E-state index contributed by atoms with van der Waals surface area (Å²) in [5.41, 5.74) is -0.603. The molecule has 4 amide bonds. The maximum absolute atomic E-state index is 13.5. The summed E-state index contributed by atoms with van der Waals surface area (Å²) < 4.78 is 0. The first-order valence-electron chi connectivity index (χ1n) is 11.3. The molecule has 0 aromatic rings. The van der Waals surface area contributed by atoms with Crippen molar-refractivity contribution in [3.05, 3.63) is 0 Å². The Kier molecular flexibility index (Phi) is 6.29. The van der Waals surface area contributed by atoms with Crippen molar-refractivity contribution in [2.24, 2.45) is 28.6 Å². The van der Waals surface area contributed by atoms with E-state index >= 15 is 0 Å². The molecule has 176 valence electrons. The lowest BCUT2D eigenvalue weighted by Crippen LogP contribution is -2.59. The van der Waals surface area contributed by atoms with E-state index in [1.54, 1.807) is 4.90 Å². The van der Waals surface area contributed by atoms with Gasteiger partial charge >= 0.3 is 0 Å². The summed E-state index contributed by atoms with van der Waals surface area (Å²) in [6.45, 7) is 12.2. The molecular weight excluding hydrogens is 410 g/mol. The Balaban J connectivity index is 1.78. The molecule has 0 aromatic carbocycles. The summed E-state index contributed by atoms with van der Waals surface area (Å²) in [7, 11) is 0. The van der Waals surface area contributed by atoms with Crippen LogP contribution >= 0.6 is 0 Å². The van der Waals surface area contributed by atoms with Crippen molar-refractivity contribution in [3.8, 4) is 6.07 Å². The van der Waals surface area contributed by atoms with Gasteiger partial charge in [-0.1, -0.05) is 34.6 Å². The number of fused-ring (bicyclic) bond motifs is 1. The Hall–Kier alpha value is -2.63. The van der Waals surface area contributed by atoms with E-state index in [1.165, 1.54) is 6.92 Å². The largest absolute Gasteiger partial charge is 0.356 e. The van der Waals surface area contributed by atoms with Crippen LogP contribution in [0, 0.1) is 39.9 Å². The van der Waals surface area contributed by atoms with E-state index in [9.17, 15) is 24.4 Å². The lowest BCUT2D eigenvalue weighted by atomic mass is 9.85. The number of nitrogens with one attached hydrogen (secondary N) is 3. The van der Waals surface area contributed by atoms with E-state index in [1.807, 2.05) is 20.8 Å². The summed E-state index contributed by atoms with van der Waals surface area (Å²) in [5, 5.41) is 17.9. The number of nitriles is 1. The van der Waals surface area contributed by atoms with Crippen LogP contribution in [0.15, 0.2) is 0 Å². The number of rotatable bonds is 6. The van der Waals surface area contributed by atoms with Gasteiger partial charge < -0.3 is 20.9 Å². The first-order chi connectivity index (χ1) is 14.8. The molecular formula is C23H35N5O4. The van der Waals surface area contributed by atoms with Gasteiger partial charge in [-0.3, -0.25) is 19.2 Å². The van der Waals surface area contributed by atoms with Crippen LogP contribution < -0.4 is 16.0 Å². The Morgan fingerprint density at radius 3 is 2.44 bits per heavy atom. The summed E-state index contributed by atoms with van der Waals surface area (Å²) in [6.07, 6.45) is 0.894. The molecule has 3 aliphatic rings. The minimum Gasteiger partial charge on any atom is -0.356 e. The van der Waals surface area contributed by atoms with Gasteiger partial charge in [-0.15, -0.1) is 0 Å². The lowest BCUT2D eigenvalue weighted by Gasteiger charge is -2.37. The third kappa shape index (κ3) is 4.45. The zero-order chi connectivity index (χ0) is 24.0. The Labute approximate surface area is 189 Å². The number of hydrogen-bond acceptors (Lipinski definition) is 5. The van der Waals surface area contributed by atoms with E-state index in [-0.39, 0.29) is 53.2 Å². The molecule has 32 heavy (non-hydrogen) atoms. The average molecular weight is 446 g/mol. The lowest BCUT2D eigenvalue weighted by molar-refractivity contribution is -0.145. The van der Waals surface area contributed by atoms with Crippen LogP contribution in [0.5, 0.6) is 0 Å². The Bertz CT molecular complexity index is 855. The fourth-order valence-corrected chi connectivity index (χ4v) is 5.39. The van der Waals surface area contributed by atoms with Crippen molar-refractivity contribution in [1.29, 1.82) is 5.26 Å². The van der Waals surface area contributed by atoms with Crippen molar-refractivity contribution in [3.63, 3.8) is 0 Å². The van der Waals surface area contributed by atoms with Gasteiger partial charge in [0.2, 0.25) is 23.6 Å². The van der Waals surface area contributed by atoms with Gasteiger partial charge in [-0.2, -0.15) is 5.26 Å². The van der Waals surface area contributed by atoms with E-state index in [0.29, 0.717) is 19.5 Å².